The molecule has 0 aromatic heterocycles. The average molecular weight is 331 g/mol. The molecule has 1 N–H and O–H groups in total. The van der Waals surface area contributed by atoms with E-state index in [1.807, 2.05) is 0 Å². The van der Waals surface area contributed by atoms with Crippen molar-refractivity contribution >= 4 is 5.91 Å². The Kier molecular flexibility index (Phi) is 6.27. The third-order valence-electron chi connectivity index (χ3n) is 3.39. The zero-order valence-electron chi connectivity index (χ0n) is 12.7. The number of ether oxygens (including phenoxy) is 2. The monoisotopic (exact) mass is 331 g/mol. The molecular formula is C16H20F3NO3. The van der Waals surface area contributed by atoms with Gasteiger partial charge in [-0.2, -0.15) is 13.2 Å². The van der Waals surface area contributed by atoms with E-state index in [1.54, 1.807) is 0 Å². The lowest BCUT2D eigenvalue weighted by atomic mass is 10.2. The quantitative estimate of drug-likeness (QED) is 0.708. The molecule has 23 heavy (non-hydrogen) atoms. The van der Waals surface area contributed by atoms with Gasteiger partial charge >= 0.3 is 6.18 Å². The number of alkyl halides is 3. The van der Waals surface area contributed by atoms with E-state index in [9.17, 15) is 18.0 Å². The van der Waals surface area contributed by atoms with Crippen LogP contribution in [0.1, 0.15) is 24.8 Å². The highest BCUT2D eigenvalue weighted by molar-refractivity contribution is 5.77. The van der Waals surface area contributed by atoms with Crippen LogP contribution in [0.2, 0.25) is 0 Å². The lowest BCUT2D eigenvalue weighted by molar-refractivity contribution is -0.139. The first-order chi connectivity index (χ1) is 11.0. The molecule has 1 fully saturated rings. The Labute approximate surface area is 133 Å². The Hall–Kier alpha value is -1.76. The van der Waals surface area contributed by atoms with Crippen molar-refractivity contribution in [3.05, 3.63) is 29.8 Å². The third-order valence-corrected chi connectivity index (χ3v) is 3.39. The second kappa shape index (κ2) is 8.19. The zero-order chi connectivity index (χ0) is 16.7. The van der Waals surface area contributed by atoms with Crippen LogP contribution in [-0.4, -0.2) is 32.3 Å². The number of carbonyl (C=O) groups excluding carboxylic acids is 1. The van der Waals surface area contributed by atoms with Crippen molar-refractivity contribution in [1.82, 2.24) is 5.32 Å². The number of rotatable bonds is 9. The largest absolute Gasteiger partial charge is 0.483 e. The number of benzene rings is 1. The molecule has 0 saturated heterocycles. The van der Waals surface area contributed by atoms with Crippen LogP contribution < -0.4 is 10.1 Å². The molecule has 0 spiro atoms. The van der Waals surface area contributed by atoms with Gasteiger partial charge in [-0.25, -0.2) is 0 Å². The molecule has 0 atom stereocenters. The summed E-state index contributed by atoms with van der Waals surface area (Å²) in [4.78, 5) is 11.6. The number of hydrogen-bond donors (Lipinski definition) is 1. The highest BCUT2D eigenvalue weighted by Gasteiger charge is 2.34. The lowest BCUT2D eigenvalue weighted by Crippen LogP contribution is -2.30. The van der Waals surface area contributed by atoms with E-state index in [2.05, 4.69) is 5.32 Å². The Morgan fingerprint density at radius 2 is 2.00 bits per heavy atom. The minimum absolute atomic E-state index is 0.345. The topological polar surface area (TPSA) is 47.6 Å². The van der Waals surface area contributed by atoms with Gasteiger partial charge in [0.05, 0.1) is 5.56 Å². The smallest absolute Gasteiger partial charge is 0.419 e. The number of amides is 1. The number of halogens is 3. The van der Waals surface area contributed by atoms with E-state index in [4.69, 9.17) is 9.47 Å². The summed E-state index contributed by atoms with van der Waals surface area (Å²) in [5, 5.41) is 2.59. The molecule has 0 unspecified atom stereocenters. The van der Waals surface area contributed by atoms with Crippen LogP contribution in [0.5, 0.6) is 5.75 Å². The molecule has 1 amide bonds. The summed E-state index contributed by atoms with van der Waals surface area (Å²) in [7, 11) is 0. The van der Waals surface area contributed by atoms with Crippen molar-refractivity contribution in [1.29, 1.82) is 0 Å². The van der Waals surface area contributed by atoms with E-state index in [-0.39, 0.29) is 5.75 Å². The van der Waals surface area contributed by atoms with E-state index < -0.39 is 24.3 Å². The second-order valence-electron chi connectivity index (χ2n) is 5.50. The number of carbonyl (C=O) groups is 1. The van der Waals surface area contributed by atoms with Gasteiger partial charge in [0.1, 0.15) is 5.75 Å². The number of hydrogen-bond acceptors (Lipinski definition) is 3. The number of para-hydroxylation sites is 1. The molecule has 0 radical (unpaired) electrons. The van der Waals surface area contributed by atoms with Gasteiger partial charge in [0.15, 0.2) is 6.61 Å². The molecule has 1 aliphatic rings. The first kappa shape index (κ1) is 17.6. The van der Waals surface area contributed by atoms with Gasteiger partial charge in [-0.15, -0.1) is 0 Å². The van der Waals surface area contributed by atoms with E-state index in [0.29, 0.717) is 25.5 Å². The third kappa shape index (κ3) is 6.48. The van der Waals surface area contributed by atoms with Crippen LogP contribution in [-0.2, 0) is 15.7 Å². The summed E-state index contributed by atoms with van der Waals surface area (Å²) < 4.78 is 48.7. The second-order valence-corrected chi connectivity index (χ2v) is 5.50. The van der Waals surface area contributed by atoms with E-state index in [0.717, 1.165) is 12.7 Å². The van der Waals surface area contributed by atoms with Gasteiger partial charge in [-0.3, -0.25) is 4.79 Å². The molecule has 0 heterocycles. The molecule has 2 rings (SSSR count). The Morgan fingerprint density at radius 3 is 2.70 bits per heavy atom. The van der Waals surface area contributed by atoms with Gasteiger partial charge in [0.2, 0.25) is 0 Å². The molecule has 7 heteroatoms. The summed E-state index contributed by atoms with van der Waals surface area (Å²) in [6.45, 7) is 1.30. The Bertz CT molecular complexity index is 516. The minimum atomic E-state index is -4.51. The molecule has 128 valence electrons. The fourth-order valence-electron chi connectivity index (χ4n) is 1.96. The van der Waals surface area contributed by atoms with Crippen LogP contribution in [0.4, 0.5) is 13.2 Å². The first-order valence-corrected chi connectivity index (χ1v) is 7.60. The van der Waals surface area contributed by atoms with Crippen molar-refractivity contribution in [2.75, 3.05) is 26.4 Å². The maximum atomic E-state index is 12.8. The first-order valence-electron chi connectivity index (χ1n) is 7.60. The molecule has 1 aromatic rings. The van der Waals surface area contributed by atoms with Gasteiger partial charge in [0, 0.05) is 19.8 Å². The van der Waals surface area contributed by atoms with Gasteiger partial charge in [-0.05, 0) is 37.3 Å². The summed E-state index contributed by atoms with van der Waals surface area (Å²) >= 11 is 0. The molecule has 1 aromatic carbocycles. The van der Waals surface area contributed by atoms with Crippen LogP contribution in [0.15, 0.2) is 24.3 Å². The average Bonchev–Trinajstić information content (AvgIpc) is 3.32. The Morgan fingerprint density at radius 1 is 1.26 bits per heavy atom. The zero-order valence-corrected chi connectivity index (χ0v) is 12.7. The van der Waals surface area contributed by atoms with Crippen LogP contribution in [0.25, 0.3) is 0 Å². The van der Waals surface area contributed by atoms with Crippen LogP contribution in [0.3, 0.4) is 0 Å². The minimum Gasteiger partial charge on any atom is -0.483 e. The van der Waals surface area contributed by atoms with Gasteiger partial charge in [-0.1, -0.05) is 12.1 Å². The summed E-state index contributed by atoms with van der Waals surface area (Å²) in [6.07, 6.45) is -1.38. The van der Waals surface area contributed by atoms with Crippen LogP contribution >= 0.6 is 0 Å². The summed E-state index contributed by atoms with van der Waals surface area (Å²) in [5.41, 5.74) is -0.888. The molecule has 1 saturated carbocycles. The predicted octanol–water partition coefficient (Wildman–Crippen LogP) is 3.02. The SMILES string of the molecule is O=C(COc1ccccc1C(F)(F)F)NCCCOCC1CC1. The highest BCUT2D eigenvalue weighted by atomic mass is 19.4. The van der Waals surface area contributed by atoms with E-state index >= 15 is 0 Å². The van der Waals surface area contributed by atoms with Crippen molar-refractivity contribution in [3.8, 4) is 5.75 Å². The van der Waals surface area contributed by atoms with Crippen molar-refractivity contribution in [3.63, 3.8) is 0 Å². The number of nitrogens with one attached hydrogen (secondary N) is 1. The Balaban J connectivity index is 1.64. The molecular weight excluding hydrogens is 311 g/mol. The normalized spacial score (nSPS) is 14.6. The summed E-state index contributed by atoms with van der Waals surface area (Å²) in [5.74, 6) is -0.0984. The van der Waals surface area contributed by atoms with Crippen molar-refractivity contribution in [2.24, 2.45) is 5.92 Å². The molecule has 0 bridgehead atoms. The van der Waals surface area contributed by atoms with Crippen molar-refractivity contribution < 1.29 is 27.4 Å². The lowest BCUT2D eigenvalue weighted by Gasteiger charge is -2.13. The predicted molar refractivity (Wildman–Crippen MR) is 78.1 cm³/mol. The fourth-order valence-corrected chi connectivity index (χ4v) is 1.96. The summed E-state index contributed by atoms with van der Waals surface area (Å²) in [6, 6.07) is 4.82. The molecule has 1 aliphatic carbocycles. The van der Waals surface area contributed by atoms with E-state index in [1.165, 1.54) is 31.0 Å². The highest BCUT2D eigenvalue weighted by Crippen LogP contribution is 2.35. The standard InChI is InChI=1S/C16H20F3NO3/c17-16(18,19)13-4-1-2-5-14(13)23-11-15(21)20-8-3-9-22-10-12-6-7-12/h1-2,4-5,12H,3,6-11H2,(H,20,21). The molecule has 4 nitrogen and oxygen atoms in total. The van der Waals surface area contributed by atoms with Crippen LogP contribution in [0, 0.1) is 5.92 Å². The van der Waals surface area contributed by atoms with Gasteiger partial charge < -0.3 is 14.8 Å². The van der Waals surface area contributed by atoms with Crippen molar-refractivity contribution in [2.45, 2.75) is 25.4 Å². The molecule has 0 aliphatic heterocycles. The fraction of sp³-hybridized carbons (Fsp3) is 0.562. The van der Waals surface area contributed by atoms with Gasteiger partial charge in [0.25, 0.3) is 5.91 Å². The maximum Gasteiger partial charge on any atom is 0.419 e. The maximum absolute atomic E-state index is 12.8.